The molecule has 0 aromatic heterocycles. The first-order chi connectivity index (χ1) is 15.1. The third-order valence-corrected chi connectivity index (χ3v) is 7.82. The van der Waals surface area contributed by atoms with Crippen LogP contribution in [0.4, 0.5) is 0 Å². The Hall–Kier alpha value is -0.920. The van der Waals surface area contributed by atoms with Crippen molar-refractivity contribution < 1.29 is 9.84 Å². The molecule has 1 aliphatic heterocycles. The Kier molecular flexibility index (Phi) is 8.46. The standard InChI is InChI=1S/C25H32Br2N2O2/c26-22-14-19(15-23(27)25(22)31-17-18-6-2-1-3-7-18)21(16-29-12-10-28-11-13-29)20-8-4-5-9-24(20)30/h1-3,6-7,14-15,20-21,24,28,30H,4-5,8-13,16-17H2. The minimum Gasteiger partial charge on any atom is -0.487 e. The van der Waals surface area contributed by atoms with Crippen molar-refractivity contribution in [3.05, 3.63) is 62.5 Å². The van der Waals surface area contributed by atoms with Crippen LogP contribution < -0.4 is 10.1 Å². The van der Waals surface area contributed by atoms with E-state index >= 15 is 0 Å². The molecule has 4 rings (SSSR count). The number of hydrogen-bond acceptors (Lipinski definition) is 4. The molecule has 0 bridgehead atoms. The third kappa shape index (κ3) is 6.11. The summed E-state index contributed by atoms with van der Waals surface area (Å²) < 4.78 is 8.07. The SMILES string of the molecule is OC1CCCCC1C(CN1CCNCC1)c1cc(Br)c(OCc2ccccc2)c(Br)c1. The minimum absolute atomic E-state index is 0.215. The zero-order chi connectivity index (χ0) is 21.6. The molecule has 2 aromatic rings. The number of piperazine rings is 1. The largest absolute Gasteiger partial charge is 0.487 e. The van der Waals surface area contributed by atoms with Crippen LogP contribution in [0.2, 0.25) is 0 Å². The lowest BCUT2D eigenvalue weighted by atomic mass is 9.74. The van der Waals surface area contributed by atoms with E-state index in [4.69, 9.17) is 4.74 Å². The van der Waals surface area contributed by atoms with Gasteiger partial charge in [0.05, 0.1) is 15.0 Å². The lowest BCUT2D eigenvalue weighted by Crippen LogP contribution is -2.46. The van der Waals surface area contributed by atoms with Crippen LogP contribution in [0.1, 0.15) is 42.7 Å². The Bertz CT molecular complexity index is 820. The lowest BCUT2D eigenvalue weighted by Gasteiger charge is -2.39. The summed E-state index contributed by atoms with van der Waals surface area (Å²) in [6.45, 7) is 5.74. The van der Waals surface area contributed by atoms with E-state index in [1.54, 1.807) is 0 Å². The molecule has 1 saturated heterocycles. The maximum Gasteiger partial charge on any atom is 0.148 e. The number of nitrogens with one attached hydrogen (secondary N) is 1. The summed E-state index contributed by atoms with van der Waals surface area (Å²) in [4.78, 5) is 2.55. The molecule has 2 aliphatic rings. The van der Waals surface area contributed by atoms with Crippen LogP contribution in [0.25, 0.3) is 0 Å². The van der Waals surface area contributed by atoms with E-state index < -0.39 is 0 Å². The van der Waals surface area contributed by atoms with Crippen molar-refractivity contribution in [3.63, 3.8) is 0 Å². The number of rotatable bonds is 7. The van der Waals surface area contributed by atoms with E-state index in [0.29, 0.717) is 18.4 Å². The van der Waals surface area contributed by atoms with Crippen molar-refractivity contribution in [2.24, 2.45) is 5.92 Å². The molecular weight excluding hydrogens is 520 g/mol. The van der Waals surface area contributed by atoms with Gasteiger partial charge in [-0.1, -0.05) is 43.2 Å². The van der Waals surface area contributed by atoms with Gasteiger partial charge in [-0.2, -0.15) is 0 Å². The Morgan fingerprint density at radius 1 is 1.03 bits per heavy atom. The molecular formula is C25H32Br2N2O2. The quantitative estimate of drug-likeness (QED) is 0.488. The van der Waals surface area contributed by atoms with Crippen molar-refractivity contribution in [3.8, 4) is 5.75 Å². The fourth-order valence-corrected chi connectivity index (χ4v) is 6.38. The molecule has 1 saturated carbocycles. The highest BCUT2D eigenvalue weighted by atomic mass is 79.9. The number of halogens is 2. The van der Waals surface area contributed by atoms with Gasteiger partial charge in [0, 0.05) is 38.6 Å². The summed E-state index contributed by atoms with van der Waals surface area (Å²) in [5, 5.41) is 14.3. The van der Waals surface area contributed by atoms with Crippen molar-refractivity contribution >= 4 is 31.9 Å². The highest BCUT2D eigenvalue weighted by Gasteiger charge is 2.33. The molecule has 0 spiro atoms. The number of aliphatic hydroxyl groups is 1. The highest BCUT2D eigenvalue weighted by Crippen LogP contribution is 2.42. The van der Waals surface area contributed by atoms with Crippen molar-refractivity contribution in [2.45, 2.75) is 44.3 Å². The molecule has 2 aromatic carbocycles. The van der Waals surface area contributed by atoms with Gasteiger partial charge in [0.1, 0.15) is 12.4 Å². The molecule has 4 nitrogen and oxygen atoms in total. The van der Waals surface area contributed by atoms with Gasteiger partial charge in [-0.25, -0.2) is 0 Å². The Labute approximate surface area is 202 Å². The first-order valence-corrected chi connectivity index (χ1v) is 13.0. The Balaban J connectivity index is 1.56. The average molecular weight is 552 g/mol. The van der Waals surface area contributed by atoms with Crippen LogP contribution in [-0.4, -0.2) is 48.8 Å². The van der Waals surface area contributed by atoms with Crippen LogP contribution in [0.3, 0.4) is 0 Å². The fourth-order valence-electron chi connectivity index (χ4n) is 4.93. The number of ether oxygens (including phenoxy) is 1. The van der Waals surface area contributed by atoms with Crippen molar-refractivity contribution in [2.75, 3.05) is 32.7 Å². The zero-order valence-corrected chi connectivity index (χ0v) is 21.1. The van der Waals surface area contributed by atoms with Crippen LogP contribution in [0.5, 0.6) is 5.75 Å². The second kappa shape index (κ2) is 11.3. The summed E-state index contributed by atoms with van der Waals surface area (Å²) in [5.41, 5.74) is 2.42. The summed E-state index contributed by atoms with van der Waals surface area (Å²) >= 11 is 7.53. The lowest BCUT2D eigenvalue weighted by molar-refractivity contribution is 0.0447. The van der Waals surface area contributed by atoms with Crippen LogP contribution in [0, 0.1) is 5.92 Å². The summed E-state index contributed by atoms with van der Waals surface area (Å²) in [6.07, 6.45) is 4.15. The first kappa shape index (κ1) is 23.2. The molecule has 1 heterocycles. The topological polar surface area (TPSA) is 44.7 Å². The number of hydrogen-bond donors (Lipinski definition) is 2. The van der Waals surface area contributed by atoms with E-state index in [2.05, 4.69) is 66.3 Å². The molecule has 2 fully saturated rings. The predicted molar refractivity (Wildman–Crippen MR) is 133 cm³/mol. The molecule has 31 heavy (non-hydrogen) atoms. The molecule has 2 N–H and O–H groups in total. The summed E-state index contributed by atoms with van der Waals surface area (Å²) in [7, 11) is 0. The van der Waals surface area contributed by atoms with E-state index in [1.165, 1.54) is 12.0 Å². The number of benzene rings is 2. The van der Waals surface area contributed by atoms with E-state index in [0.717, 1.165) is 72.2 Å². The van der Waals surface area contributed by atoms with Gasteiger partial charge in [-0.3, -0.25) is 0 Å². The maximum atomic E-state index is 10.9. The molecule has 6 heteroatoms. The van der Waals surface area contributed by atoms with Crippen LogP contribution in [0.15, 0.2) is 51.4 Å². The van der Waals surface area contributed by atoms with Gasteiger partial charge in [-0.15, -0.1) is 0 Å². The summed E-state index contributed by atoms with van der Waals surface area (Å²) in [5.74, 6) is 1.44. The van der Waals surface area contributed by atoms with Gasteiger partial charge in [0.15, 0.2) is 0 Å². The number of nitrogens with zero attached hydrogens (tertiary/aromatic N) is 1. The average Bonchev–Trinajstić information content (AvgIpc) is 2.79. The molecule has 3 unspecified atom stereocenters. The third-order valence-electron chi connectivity index (χ3n) is 6.64. The van der Waals surface area contributed by atoms with Crippen LogP contribution >= 0.6 is 31.9 Å². The van der Waals surface area contributed by atoms with Gasteiger partial charge < -0.3 is 20.1 Å². The van der Waals surface area contributed by atoms with Crippen molar-refractivity contribution in [1.82, 2.24) is 10.2 Å². The van der Waals surface area contributed by atoms with E-state index in [1.807, 2.05) is 18.2 Å². The normalized spacial score (nSPS) is 23.5. The smallest absolute Gasteiger partial charge is 0.148 e. The minimum atomic E-state index is -0.215. The second-order valence-corrected chi connectivity index (χ2v) is 10.5. The first-order valence-electron chi connectivity index (χ1n) is 11.4. The Morgan fingerprint density at radius 3 is 2.39 bits per heavy atom. The van der Waals surface area contributed by atoms with Gasteiger partial charge in [-0.05, 0) is 73.9 Å². The molecule has 0 amide bonds. The molecule has 0 radical (unpaired) electrons. The fraction of sp³-hybridized carbons (Fsp3) is 0.520. The molecule has 1 aliphatic carbocycles. The maximum absolute atomic E-state index is 10.9. The van der Waals surface area contributed by atoms with Crippen LogP contribution in [-0.2, 0) is 6.61 Å². The summed E-state index contributed by atoms with van der Waals surface area (Å²) in [6, 6.07) is 14.6. The Morgan fingerprint density at radius 2 is 1.71 bits per heavy atom. The van der Waals surface area contributed by atoms with Gasteiger partial charge >= 0.3 is 0 Å². The second-order valence-electron chi connectivity index (χ2n) is 8.76. The highest BCUT2D eigenvalue weighted by molar-refractivity contribution is 9.11. The van der Waals surface area contributed by atoms with E-state index in [-0.39, 0.29) is 6.10 Å². The van der Waals surface area contributed by atoms with Gasteiger partial charge in [0.25, 0.3) is 0 Å². The monoisotopic (exact) mass is 550 g/mol. The molecule has 3 atom stereocenters. The molecule has 168 valence electrons. The zero-order valence-electron chi connectivity index (χ0n) is 17.9. The predicted octanol–water partition coefficient (Wildman–Crippen LogP) is 5.33. The van der Waals surface area contributed by atoms with E-state index in [9.17, 15) is 5.11 Å². The van der Waals surface area contributed by atoms with Gasteiger partial charge in [0.2, 0.25) is 0 Å². The van der Waals surface area contributed by atoms with Crippen molar-refractivity contribution in [1.29, 1.82) is 0 Å². The number of aliphatic hydroxyl groups excluding tert-OH is 1.